The molecule has 0 fully saturated rings. The van der Waals surface area contributed by atoms with E-state index in [9.17, 15) is 9.90 Å². The molecule has 0 saturated heterocycles. The first-order valence-electron chi connectivity index (χ1n) is 7.49. The van der Waals surface area contributed by atoms with Crippen molar-refractivity contribution in [2.45, 2.75) is 0 Å². The maximum atomic E-state index is 11.5. The molecule has 0 radical (unpaired) electrons. The van der Waals surface area contributed by atoms with E-state index in [4.69, 9.17) is 9.94 Å². The number of benzene rings is 2. The predicted molar refractivity (Wildman–Crippen MR) is 112 cm³/mol. The van der Waals surface area contributed by atoms with Crippen LogP contribution in [0.25, 0.3) is 11.1 Å². The number of hydrogen-bond donors (Lipinski definition) is 3. The predicted octanol–water partition coefficient (Wildman–Crippen LogP) is 5.84. The van der Waals surface area contributed by atoms with Crippen LogP contribution >= 0.6 is 43.2 Å². The smallest absolute Gasteiger partial charge is 0.270 e. The summed E-state index contributed by atoms with van der Waals surface area (Å²) in [5.41, 5.74) is 2.06. The lowest BCUT2D eigenvalue weighted by atomic mass is 10.1. The van der Waals surface area contributed by atoms with E-state index < -0.39 is 5.91 Å². The van der Waals surface area contributed by atoms with Gasteiger partial charge >= 0.3 is 0 Å². The lowest BCUT2D eigenvalue weighted by Gasteiger charge is -2.13. The molecule has 0 bridgehead atoms. The number of oxime groups is 1. The summed E-state index contributed by atoms with van der Waals surface area (Å²) in [5.74, 6) is 0.650. The van der Waals surface area contributed by atoms with Gasteiger partial charge in [-0.05, 0) is 84.6 Å². The molecule has 6 nitrogen and oxygen atoms in total. The van der Waals surface area contributed by atoms with E-state index in [0.717, 1.165) is 11.8 Å². The number of halogens is 2. The standard InChI is InChI=1S/C18H12Br2N2O4S/c19-14-5-11(22-17(24)8-21-25)6-15(20)18(14)26-12-1-2-16(23)13(7-12)10-3-4-27-9-10/h1-9,23,25H,(H,22,24)/b21-8+. The van der Waals surface area contributed by atoms with Crippen LogP contribution in [0.15, 0.2) is 61.3 Å². The molecule has 0 atom stereocenters. The second-order valence-electron chi connectivity index (χ2n) is 5.30. The van der Waals surface area contributed by atoms with Gasteiger partial charge in [0.25, 0.3) is 5.91 Å². The van der Waals surface area contributed by atoms with Crippen LogP contribution in [0.3, 0.4) is 0 Å². The van der Waals surface area contributed by atoms with Crippen LogP contribution in [0.5, 0.6) is 17.2 Å². The van der Waals surface area contributed by atoms with Crippen LogP contribution < -0.4 is 10.1 Å². The number of anilines is 1. The molecule has 3 aromatic rings. The number of phenols is 1. The van der Waals surface area contributed by atoms with E-state index in [1.54, 1.807) is 41.7 Å². The average Bonchev–Trinajstić information content (AvgIpc) is 3.14. The zero-order chi connectivity index (χ0) is 19.4. The fraction of sp³-hybridized carbons (Fsp3) is 0. The fourth-order valence-electron chi connectivity index (χ4n) is 2.30. The van der Waals surface area contributed by atoms with Crippen molar-refractivity contribution >= 4 is 61.0 Å². The number of amides is 1. The van der Waals surface area contributed by atoms with Crippen molar-refractivity contribution < 1.29 is 19.8 Å². The normalized spacial score (nSPS) is 10.9. The molecule has 1 aromatic heterocycles. The van der Waals surface area contributed by atoms with Gasteiger partial charge in [-0.1, -0.05) is 5.16 Å². The molecule has 138 valence electrons. The monoisotopic (exact) mass is 510 g/mol. The fourth-order valence-corrected chi connectivity index (χ4v) is 4.31. The highest BCUT2D eigenvalue weighted by atomic mass is 79.9. The topological polar surface area (TPSA) is 91.2 Å². The number of ether oxygens (including phenoxy) is 1. The number of phenolic OH excluding ortho intramolecular Hbond substituents is 1. The minimum absolute atomic E-state index is 0.169. The number of thiophene rings is 1. The van der Waals surface area contributed by atoms with Crippen molar-refractivity contribution in [2.75, 3.05) is 5.32 Å². The molecule has 0 aliphatic carbocycles. The number of carbonyl (C=O) groups is 1. The Bertz CT molecular complexity index is 984. The Hall–Kier alpha value is -2.36. The molecule has 27 heavy (non-hydrogen) atoms. The van der Waals surface area contributed by atoms with Gasteiger partial charge in [-0.15, -0.1) is 0 Å². The third-order valence-electron chi connectivity index (χ3n) is 3.46. The van der Waals surface area contributed by atoms with Crippen molar-refractivity contribution in [3.05, 3.63) is 56.1 Å². The molecule has 3 N–H and O–H groups in total. The Kier molecular flexibility index (Phi) is 6.15. The quantitative estimate of drug-likeness (QED) is 0.228. The van der Waals surface area contributed by atoms with Crippen molar-refractivity contribution in [3.8, 4) is 28.4 Å². The molecule has 0 spiro atoms. The van der Waals surface area contributed by atoms with E-state index in [0.29, 0.717) is 31.7 Å². The van der Waals surface area contributed by atoms with E-state index in [1.165, 1.54) is 0 Å². The largest absolute Gasteiger partial charge is 0.507 e. The molecule has 0 saturated carbocycles. The van der Waals surface area contributed by atoms with Crippen LogP contribution in [0.1, 0.15) is 0 Å². The van der Waals surface area contributed by atoms with Crippen molar-refractivity contribution in [2.24, 2.45) is 5.16 Å². The van der Waals surface area contributed by atoms with Crippen LogP contribution in [0, 0.1) is 0 Å². The Balaban J connectivity index is 1.88. The number of rotatable bonds is 5. The summed E-state index contributed by atoms with van der Waals surface area (Å²) in [5, 5.41) is 27.6. The molecule has 1 amide bonds. The molecular formula is C18H12Br2N2O4S. The molecule has 9 heteroatoms. The first kappa shape index (κ1) is 19.4. The third kappa shape index (κ3) is 4.68. The Morgan fingerprint density at radius 3 is 2.56 bits per heavy atom. The highest BCUT2D eigenvalue weighted by molar-refractivity contribution is 9.11. The molecule has 0 unspecified atom stereocenters. The summed E-state index contributed by atoms with van der Waals surface area (Å²) in [6.45, 7) is 0. The van der Waals surface area contributed by atoms with Gasteiger partial charge in [-0.3, -0.25) is 4.79 Å². The summed E-state index contributed by atoms with van der Waals surface area (Å²) < 4.78 is 7.15. The lowest BCUT2D eigenvalue weighted by molar-refractivity contribution is -0.110. The maximum Gasteiger partial charge on any atom is 0.270 e. The van der Waals surface area contributed by atoms with E-state index in [-0.39, 0.29) is 5.75 Å². The van der Waals surface area contributed by atoms with Crippen molar-refractivity contribution in [1.29, 1.82) is 0 Å². The maximum absolute atomic E-state index is 11.5. The van der Waals surface area contributed by atoms with Gasteiger partial charge in [0.15, 0.2) is 5.75 Å². The third-order valence-corrected chi connectivity index (χ3v) is 5.32. The van der Waals surface area contributed by atoms with E-state index in [2.05, 4.69) is 42.3 Å². The van der Waals surface area contributed by atoms with Crippen LogP contribution in [-0.2, 0) is 4.79 Å². The number of carbonyl (C=O) groups excluding carboxylic acids is 1. The molecule has 0 aliphatic heterocycles. The summed E-state index contributed by atoms with van der Waals surface area (Å²) in [6, 6.07) is 10.2. The zero-order valence-electron chi connectivity index (χ0n) is 13.5. The van der Waals surface area contributed by atoms with Crippen LogP contribution in [0.4, 0.5) is 5.69 Å². The summed E-state index contributed by atoms with van der Waals surface area (Å²) in [4.78, 5) is 11.5. The average molecular weight is 512 g/mol. The van der Waals surface area contributed by atoms with E-state index in [1.807, 2.05) is 16.8 Å². The van der Waals surface area contributed by atoms with Gasteiger partial charge in [-0.25, -0.2) is 0 Å². The number of nitrogens with zero attached hydrogens (tertiary/aromatic N) is 1. The molecule has 1 heterocycles. The Labute approximate surface area is 175 Å². The number of aromatic hydroxyl groups is 1. The van der Waals surface area contributed by atoms with Crippen molar-refractivity contribution in [1.82, 2.24) is 0 Å². The minimum Gasteiger partial charge on any atom is -0.507 e. The molecule has 3 rings (SSSR count). The van der Waals surface area contributed by atoms with Gasteiger partial charge in [0.05, 0.1) is 8.95 Å². The Morgan fingerprint density at radius 1 is 1.19 bits per heavy atom. The Morgan fingerprint density at radius 2 is 1.93 bits per heavy atom. The number of hydrogen-bond acceptors (Lipinski definition) is 6. The first-order chi connectivity index (χ1) is 13.0. The zero-order valence-corrected chi connectivity index (χ0v) is 17.5. The highest BCUT2D eigenvalue weighted by Crippen LogP contribution is 2.41. The summed E-state index contributed by atoms with van der Waals surface area (Å²) >= 11 is 8.38. The van der Waals surface area contributed by atoms with E-state index >= 15 is 0 Å². The second-order valence-corrected chi connectivity index (χ2v) is 7.78. The van der Waals surface area contributed by atoms with Crippen LogP contribution in [0.2, 0.25) is 0 Å². The molecule has 2 aromatic carbocycles. The lowest BCUT2D eigenvalue weighted by Crippen LogP contribution is -2.12. The molecular weight excluding hydrogens is 500 g/mol. The van der Waals surface area contributed by atoms with Gasteiger partial charge in [0.1, 0.15) is 17.7 Å². The van der Waals surface area contributed by atoms with Crippen molar-refractivity contribution in [3.63, 3.8) is 0 Å². The SMILES string of the molecule is O=C(/C=N/O)Nc1cc(Br)c(Oc2ccc(O)c(-c3ccsc3)c2)c(Br)c1. The number of nitrogens with one attached hydrogen (secondary N) is 1. The summed E-state index contributed by atoms with van der Waals surface area (Å²) in [7, 11) is 0. The second kappa shape index (κ2) is 8.55. The first-order valence-corrected chi connectivity index (χ1v) is 10.0. The van der Waals surface area contributed by atoms with Gasteiger partial charge in [0.2, 0.25) is 0 Å². The van der Waals surface area contributed by atoms with Gasteiger partial charge < -0.3 is 20.4 Å². The highest BCUT2D eigenvalue weighted by Gasteiger charge is 2.13. The minimum atomic E-state index is -0.566. The van der Waals surface area contributed by atoms with Crippen LogP contribution in [-0.4, -0.2) is 22.4 Å². The summed E-state index contributed by atoms with van der Waals surface area (Å²) in [6.07, 6.45) is 0.759. The van der Waals surface area contributed by atoms with Gasteiger partial charge in [-0.2, -0.15) is 11.3 Å². The molecule has 0 aliphatic rings. The van der Waals surface area contributed by atoms with Gasteiger partial charge in [0, 0.05) is 11.3 Å².